The number of hydrogen-bond acceptors (Lipinski definition) is 4. The lowest BCUT2D eigenvalue weighted by Crippen LogP contribution is -2.14. The second-order valence-corrected chi connectivity index (χ2v) is 3.82. The van der Waals surface area contributed by atoms with Crippen LogP contribution < -0.4 is 14.8 Å². The summed E-state index contributed by atoms with van der Waals surface area (Å²) in [5.74, 6) is 4.09. The molecule has 0 atom stereocenters. The molecule has 1 aliphatic heterocycles. The molecule has 90 valence electrons. The van der Waals surface area contributed by atoms with Crippen LogP contribution in [-0.2, 0) is 6.54 Å². The second-order valence-electron chi connectivity index (χ2n) is 3.82. The standard InChI is InChI=1S/C13H15NO3/c1-2-3-4-5-14-8-10-6-12-13(7-11(10)15)17-9-16-12/h1,6-7,14-15H,3-5,8-9H2. The highest BCUT2D eigenvalue weighted by molar-refractivity contribution is 5.51. The Morgan fingerprint density at radius 2 is 2.12 bits per heavy atom. The van der Waals surface area contributed by atoms with Crippen LogP contribution in [0.15, 0.2) is 12.1 Å². The van der Waals surface area contributed by atoms with Gasteiger partial charge in [0.05, 0.1) is 0 Å². The molecule has 0 aliphatic carbocycles. The third-order valence-electron chi connectivity index (χ3n) is 2.56. The Morgan fingerprint density at radius 1 is 1.35 bits per heavy atom. The van der Waals surface area contributed by atoms with E-state index in [0.29, 0.717) is 18.0 Å². The van der Waals surface area contributed by atoms with Crippen LogP contribution in [0.4, 0.5) is 0 Å². The lowest BCUT2D eigenvalue weighted by Gasteiger charge is -2.07. The fraction of sp³-hybridized carbons (Fsp3) is 0.385. The van der Waals surface area contributed by atoms with Gasteiger partial charge < -0.3 is 19.9 Å². The number of hydrogen-bond donors (Lipinski definition) is 2. The maximum absolute atomic E-state index is 9.77. The number of aromatic hydroxyl groups is 1. The van der Waals surface area contributed by atoms with Crippen LogP contribution in [0, 0.1) is 12.3 Å². The fourth-order valence-corrected chi connectivity index (χ4v) is 1.65. The molecule has 1 aromatic rings. The van der Waals surface area contributed by atoms with Crippen LogP contribution in [0.2, 0.25) is 0 Å². The number of benzene rings is 1. The largest absolute Gasteiger partial charge is 0.507 e. The molecule has 0 radical (unpaired) electrons. The molecule has 0 amide bonds. The minimum atomic E-state index is 0.216. The third kappa shape index (κ3) is 2.83. The van der Waals surface area contributed by atoms with Gasteiger partial charge in [0, 0.05) is 24.6 Å². The number of phenols is 1. The van der Waals surface area contributed by atoms with Crippen molar-refractivity contribution in [1.82, 2.24) is 5.32 Å². The van der Waals surface area contributed by atoms with E-state index in [0.717, 1.165) is 24.9 Å². The van der Waals surface area contributed by atoms with Crippen molar-refractivity contribution in [2.24, 2.45) is 0 Å². The summed E-state index contributed by atoms with van der Waals surface area (Å²) in [7, 11) is 0. The lowest BCUT2D eigenvalue weighted by atomic mass is 10.1. The summed E-state index contributed by atoms with van der Waals surface area (Å²) < 4.78 is 10.4. The average Bonchev–Trinajstić information content (AvgIpc) is 2.76. The van der Waals surface area contributed by atoms with Gasteiger partial charge in [-0.05, 0) is 19.0 Å². The quantitative estimate of drug-likeness (QED) is 0.599. The number of rotatable bonds is 5. The fourth-order valence-electron chi connectivity index (χ4n) is 1.65. The van der Waals surface area contributed by atoms with Gasteiger partial charge in [-0.1, -0.05) is 0 Å². The summed E-state index contributed by atoms with van der Waals surface area (Å²) in [5, 5.41) is 13.0. The first-order valence-corrected chi connectivity index (χ1v) is 5.57. The van der Waals surface area contributed by atoms with E-state index in [2.05, 4.69) is 11.2 Å². The summed E-state index contributed by atoms with van der Waals surface area (Å²) in [6.45, 7) is 1.64. The molecule has 0 fully saturated rings. The van der Waals surface area contributed by atoms with Gasteiger partial charge in [0.15, 0.2) is 11.5 Å². The minimum Gasteiger partial charge on any atom is -0.507 e. The van der Waals surface area contributed by atoms with Crippen molar-refractivity contribution in [2.45, 2.75) is 19.4 Å². The predicted molar refractivity (Wildman–Crippen MR) is 64.0 cm³/mol. The zero-order chi connectivity index (χ0) is 12.1. The summed E-state index contributed by atoms with van der Waals surface area (Å²) in [6, 6.07) is 3.38. The molecule has 1 aliphatic rings. The van der Waals surface area contributed by atoms with Crippen LogP contribution in [0.3, 0.4) is 0 Å². The Labute approximate surface area is 101 Å². The van der Waals surface area contributed by atoms with Gasteiger partial charge in [0.25, 0.3) is 0 Å². The zero-order valence-corrected chi connectivity index (χ0v) is 9.53. The minimum absolute atomic E-state index is 0.216. The van der Waals surface area contributed by atoms with E-state index in [1.165, 1.54) is 0 Å². The molecule has 4 nitrogen and oxygen atoms in total. The number of ether oxygens (including phenoxy) is 2. The monoisotopic (exact) mass is 233 g/mol. The highest BCUT2D eigenvalue weighted by Crippen LogP contribution is 2.37. The SMILES string of the molecule is C#CCCCNCc1cc2c(cc1O)OCO2. The molecule has 1 aromatic carbocycles. The van der Waals surface area contributed by atoms with Gasteiger partial charge in [0.1, 0.15) is 5.75 Å². The first kappa shape index (κ1) is 11.6. The Bertz CT molecular complexity index is 437. The van der Waals surface area contributed by atoms with Crippen LogP contribution in [-0.4, -0.2) is 18.4 Å². The van der Waals surface area contributed by atoms with Crippen molar-refractivity contribution in [3.63, 3.8) is 0 Å². The summed E-state index contributed by atoms with van der Waals surface area (Å²) in [5.41, 5.74) is 0.801. The van der Waals surface area contributed by atoms with Crippen molar-refractivity contribution in [1.29, 1.82) is 0 Å². The Hall–Kier alpha value is -1.86. The van der Waals surface area contributed by atoms with Crippen molar-refractivity contribution < 1.29 is 14.6 Å². The highest BCUT2D eigenvalue weighted by Gasteiger charge is 2.16. The first-order valence-electron chi connectivity index (χ1n) is 5.57. The molecule has 0 saturated carbocycles. The molecule has 0 unspecified atom stereocenters. The Kier molecular flexibility index (Phi) is 3.73. The molecule has 0 bridgehead atoms. The smallest absolute Gasteiger partial charge is 0.231 e. The van der Waals surface area contributed by atoms with Crippen molar-refractivity contribution in [2.75, 3.05) is 13.3 Å². The van der Waals surface area contributed by atoms with Crippen molar-refractivity contribution in [3.8, 4) is 29.6 Å². The summed E-state index contributed by atoms with van der Waals surface area (Å²) in [6.07, 6.45) is 6.86. The highest BCUT2D eigenvalue weighted by atomic mass is 16.7. The van der Waals surface area contributed by atoms with E-state index in [1.807, 2.05) is 0 Å². The van der Waals surface area contributed by atoms with Gasteiger partial charge in [-0.25, -0.2) is 0 Å². The Balaban J connectivity index is 1.90. The molecule has 4 heteroatoms. The molecular weight excluding hydrogens is 218 g/mol. The molecule has 0 spiro atoms. The van der Waals surface area contributed by atoms with Crippen LogP contribution in [0.5, 0.6) is 17.2 Å². The zero-order valence-electron chi connectivity index (χ0n) is 9.53. The number of phenolic OH excluding ortho intramolecular Hbond substituents is 1. The van der Waals surface area contributed by atoms with E-state index in [1.54, 1.807) is 12.1 Å². The van der Waals surface area contributed by atoms with E-state index in [9.17, 15) is 5.11 Å². The molecule has 0 saturated heterocycles. The van der Waals surface area contributed by atoms with Crippen LogP contribution >= 0.6 is 0 Å². The Morgan fingerprint density at radius 3 is 2.88 bits per heavy atom. The summed E-state index contributed by atoms with van der Waals surface area (Å²) >= 11 is 0. The first-order chi connectivity index (χ1) is 8.31. The molecule has 2 N–H and O–H groups in total. The molecule has 17 heavy (non-hydrogen) atoms. The summed E-state index contributed by atoms with van der Waals surface area (Å²) in [4.78, 5) is 0. The van der Waals surface area contributed by atoms with E-state index < -0.39 is 0 Å². The van der Waals surface area contributed by atoms with Gasteiger partial charge in [-0.3, -0.25) is 0 Å². The lowest BCUT2D eigenvalue weighted by molar-refractivity contribution is 0.174. The number of unbranched alkanes of at least 4 members (excludes halogenated alkanes) is 1. The van der Waals surface area contributed by atoms with Crippen molar-refractivity contribution in [3.05, 3.63) is 17.7 Å². The van der Waals surface area contributed by atoms with Crippen LogP contribution in [0.25, 0.3) is 0 Å². The predicted octanol–water partition coefficient (Wildman–Crippen LogP) is 1.62. The third-order valence-corrected chi connectivity index (χ3v) is 2.56. The van der Waals surface area contributed by atoms with E-state index in [4.69, 9.17) is 15.9 Å². The van der Waals surface area contributed by atoms with E-state index >= 15 is 0 Å². The molecule has 1 heterocycles. The maximum atomic E-state index is 9.77. The van der Waals surface area contributed by atoms with Crippen molar-refractivity contribution >= 4 is 0 Å². The number of fused-ring (bicyclic) bond motifs is 1. The van der Waals surface area contributed by atoms with Gasteiger partial charge in [0.2, 0.25) is 6.79 Å². The average molecular weight is 233 g/mol. The maximum Gasteiger partial charge on any atom is 0.231 e. The van der Waals surface area contributed by atoms with E-state index in [-0.39, 0.29) is 12.5 Å². The topological polar surface area (TPSA) is 50.7 Å². The molecular formula is C13H15NO3. The van der Waals surface area contributed by atoms with Gasteiger partial charge in [-0.2, -0.15) is 0 Å². The van der Waals surface area contributed by atoms with Gasteiger partial charge in [-0.15, -0.1) is 12.3 Å². The molecule has 0 aromatic heterocycles. The number of terminal acetylenes is 1. The normalized spacial score (nSPS) is 12.4. The van der Waals surface area contributed by atoms with Gasteiger partial charge >= 0.3 is 0 Å². The van der Waals surface area contributed by atoms with Crippen LogP contribution in [0.1, 0.15) is 18.4 Å². The second kappa shape index (κ2) is 5.46. The molecule has 2 rings (SSSR count). The number of nitrogens with one attached hydrogen (secondary N) is 1.